The molecular weight excluding hydrogens is 324 g/mol. The molecule has 2 heterocycles. The van der Waals surface area contributed by atoms with Gasteiger partial charge in [0.05, 0.1) is 10.5 Å². The molecule has 24 heavy (non-hydrogen) atoms. The molecule has 0 atom stereocenters. The lowest BCUT2D eigenvalue weighted by molar-refractivity contribution is 0.394. The topological polar surface area (TPSA) is 69.9 Å². The predicted molar refractivity (Wildman–Crippen MR) is 94.2 cm³/mol. The van der Waals surface area contributed by atoms with Gasteiger partial charge in [-0.25, -0.2) is 0 Å². The van der Waals surface area contributed by atoms with Crippen molar-refractivity contribution in [2.45, 2.75) is 13.5 Å². The zero-order valence-electron chi connectivity index (χ0n) is 13.0. The highest BCUT2D eigenvalue weighted by Crippen LogP contribution is 2.38. The van der Waals surface area contributed by atoms with Crippen LogP contribution in [0.5, 0.6) is 0 Å². The number of fused-ring (bicyclic) bond motifs is 1. The Morgan fingerprint density at radius 2 is 1.88 bits per heavy atom. The van der Waals surface area contributed by atoms with Crippen LogP contribution in [-0.2, 0) is 6.54 Å². The number of benzene rings is 2. The standard InChI is InChI=1S/C18H15ClN4O/c1-11-21-18(22-24-11)17-16(19)14-4-2-3-5-15(14)23(17)13-8-6-12(10-20)7-9-13/h2-9H,10,20H2,1H3. The first-order valence-electron chi connectivity index (χ1n) is 7.58. The average molecular weight is 339 g/mol. The Morgan fingerprint density at radius 3 is 2.54 bits per heavy atom. The van der Waals surface area contributed by atoms with E-state index in [-0.39, 0.29) is 0 Å². The van der Waals surface area contributed by atoms with Crippen molar-refractivity contribution in [3.8, 4) is 17.2 Å². The van der Waals surface area contributed by atoms with Crippen LogP contribution in [0.25, 0.3) is 28.1 Å². The summed E-state index contributed by atoms with van der Waals surface area (Å²) in [6.45, 7) is 2.26. The van der Waals surface area contributed by atoms with Gasteiger partial charge in [0.2, 0.25) is 11.7 Å². The van der Waals surface area contributed by atoms with Gasteiger partial charge in [0.25, 0.3) is 0 Å². The number of nitrogens with zero attached hydrogens (tertiary/aromatic N) is 3. The second-order valence-electron chi connectivity index (χ2n) is 5.52. The van der Waals surface area contributed by atoms with Crippen molar-refractivity contribution in [1.82, 2.24) is 14.7 Å². The van der Waals surface area contributed by atoms with Gasteiger partial charge < -0.3 is 14.8 Å². The Bertz CT molecular complexity index is 1020. The van der Waals surface area contributed by atoms with Gasteiger partial charge in [-0.3, -0.25) is 0 Å². The van der Waals surface area contributed by atoms with Crippen molar-refractivity contribution < 1.29 is 4.52 Å². The molecule has 0 fully saturated rings. The summed E-state index contributed by atoms with van der Waals surface area (Å²) in [5, 5.41) is 5.60. The normalized spacial score (nSPS) is 11.3. The van der Waals surface area contributed by atoms with E-state index in [0.29, 0.717) is 23.3 Å². The monoisotopic (exact) mass is 338 g/mol. The molecule has 0 saturated heterocycles. The van der Waals surface area contributed by atoms with E-state index in [4.69, 9.17) is 21.9 Å². The first-order valence-corrected chi connectivity index (χ1v) is 7.96. The molecule has 0 amide bonds. The van der Waals surface area contributed by atoms with Gasteiger partial charge in [-0.05, 0) is 23.8 Å². The number of aromatic nitrogens is 3. The summed E-state index contributed by atoms with van der Waals surface area (Å²) < 4.78 is 7.19. The lowest BCUT2D eigenvalue weighted by Gasteiger charge is -2.09. The number of hydrogen-bond donors (Lipinski definition) is 1. The van der Waals surface area contributed by atoms with Gasteiger partial charge in [-0.15, -0.1) is 0 Å². The van der Waals surface area contributed by atoms with Crippen LogP contribution < -0.4 is 5.73 Å². The van der Waals surface area contributed by atoms with Gasteiger partial charge in [0.1, 0.15) is 5.69 Å². The Kier molecular flexibility index (Phi) is 3.59. The highest BCUT2D eigenvalue weighted by molar-refractivity contribution is 6.38. The summed E-state index contributed by atoms with van der Waals surface area (Å²) in [5.41, 5.74) is 9.43. The van der Waals surface area contributed by atoms with Gasteiger partial charge in [0, 0.05) is 24.5 Å². The van der Waals surface area contributed by atoms with E-state index < -0.39 is 0 Å². The number of rotatable bonds is 3. The molecule has 0 spiro atoms. The minimum atomic E-state index is 0.469. The predicted octanol–water partition coefficient (Wildman–Crippen LogP) is 4.10. The van der Waals surface area contributed by atoms with E-state index in [1.807, 2.05) is 53.1 Å². The lowest BCUT2D eigenvalue weighted by atomic mass is 10.2. The maximum atomic E-state index is 6.65. The Balaban J connectivity index is 2.04. The number of aryl methyl sites for hydroxylation is 1. The molecule has 5 nitrogen and oxygen atoms in total. The molecule has 4 aromatic rings. The molecule has 120 valence electrons. The molecule has 2 N–H and O–H groups in total. The maximum Gasteiger partial charge on any atom is 0.223 e. The van der Waals surface area contributed by atoms with Crippen molar-refractivity contribution in [2.24, 2.45) is 5.73 Å². The van der Waals surface area contributed by atoms with E-state index in [1.54, 1.807) is 6.92 Å². The molecule has 4 rings (SSSR count). The minimum absolute atomic E-state index is 0.469. The highest BCUT2D eigenvalue weighted by Gasteiger charge is 2.21. The van der Waals surface area contributed by atoms with Gasteiger partial charge in [0.15, 0.2) is 0 Å². The van der Waals surface area contributed by atoms with Crippen molar-refractivity contribution in [2.75, 3.05) is 0 Å². The third-order valence-electron chi connectivity index (χ3n) is 3.98. The smallest absolute Gasteiger partial charge is 0.223 e. The molecule has 0 radical (unpaired) electrons. The van der Waals surface area contributed by atoms with Gasteiger partial charge in [-0.1, -0.05) is 47.1 Å². The van der Waals surface area contributed by atoms with Crippen molar-refractivity contribution in [3.05, 3.63) is 65.0 Å². The van der Waals surface area contributed by atoms with E-state index in [9.17, 15) is 0 Å². The van der Waals surface area contributed by atoms with E-state index in [0.717, 1.165) is 27.8 Å². The first kappa shape index (κ1) is 14.9. The van der Waals surface area contributed by atoms with Crippen LogP contribution in [-0.4, -0.2) is 14.7 Å². The van der Waals surface area contributed by atoms with Crippen molar-refractivity contribution >= 4 is 22.5 Å². The SMILES string of the molecule is Cc1nc(-c2c(Cl)c3ccccc3n2-c2ccc(CN)cc2)no1. The highest BCUT2D eigenvalue weighted by atomic mass is 35.5. The van der Waals surface area contributed by atoms with E-state index in [1.165, 1.54) is 0 Å². The molecular formula is C18H15ClN4O. The second-order valence-corrected chi connectivity index (χ2v) is 5.90. The number of nitrogens with two attached hydrogens (primary N) is 1. The molecule has 2 aromatic carbocycles. The quantitative estimate of drug-likeness (QED) is 0.610. The molecule has 0 saturated carbocycles. The number of para-hydroxylation sites is 1. The van der Waals surface area contributed by atoms with Crippen LogP contribution >= 0.6 is 11.6 Å². The third kappa shape index (κ3) is 2.29. The van der Waals surface area contributed by atoms with Crippen LogP contribution in [0.1, 0.15) is 11.5 Å². The van der Waals surface area contributed by atoms with Crippen LogP contribution in [0.3, 0.4) is 0 Å². The van der Waals surface area contributed by atoms with Crippen LogP contribution in [0.15, 0.2) is 53.1 Å². The molecule has 2 aromatic heterocycles. The maximum absolute atomic E-state index is 6.65. The Hall–Kier alpha value is -2.63. The Morgan fingerprint density at radius 1 is 1.12 bits per heavy atom. The molecule has 0 aliphatic carbocycles. The fraction of sp³-hybridized carbons (Fsp3) is 0.111. The lowest BCUT2D eigenvalue weighted by Crippen LogP contribution is -2.00. The van der Waals surface area contributed by atoms with Crippen LogP contribution in [0.2, 0.25) is 5.02 Å². The van der Waals surface area contributed by atoms with E-state index >= 15 is 0 Å². The molecule has 6 heteroatoms. The fourth-order valence-corrected chi connectivity index (χ4v) is 3.17. The largest absolute Gasteiger partial charge is 0.339 e. The minimum Gasteiger partial charge on any atom is -0.339 e. The van der Waals surface area contributed by atoms with E-state index in [2.05, 4.69) is 10.1 Å². The second kappa shape index (κ2) is 5.78. The number of hydrogen-bond acceptors (Lipinski definition) is 4. The molecule has 0 aliphatic heterocycles. The fourth-order valence-electron chi connectivity index (χ4n) is 2.84. The first-order chi connectivity index (χ1) is 11.7. The third-order valence-corrected chi connectivity index (χ3v) is 4.37. The average Bonchev–Trinajstić information content (AvgIpc) is 3.17. The van der Waals surface area contributed by atoms with Crippen LogP contribution in [0.4, 0.5) is 0 Å². The summed E-state index contributed by atoms with van der Waals surface area (Å²) in [7, 11) is 0. The summed E-state index contributed by atoms with van der Waals surface area (Å²) in [4.78, 5) is 4.35. The summed E-state index contributed by atoms with van der Waals surface area (Å²) in [6.07, 6.45) is 0. The van der Waals surface area contributed by atoms with Crippen molar-refractivity contribution in [1.29, 1.82) is 0 Å². The molecule has 0 unspecified atom stereocenters. The summed E-state index contributed by atoms with van der Waals surface area (Å²) in [5.74, 6) is 0.966. The summed E-state index contributed by atoms with van der Waals surface area (Å²) >= 11 is 6.65. The van der Waals surface area contributed by atoms with Gasteiger partial charge >= 0.3 is 0 Å². The molecule has 0 aliphatic rings. The summed E-state index contributed by atoms with van der Waals surface area (Å²) in [6, 6.07) is 16.0. The zero-order chi connectivity index (χ0) is 16.7. The Labute approximate surface area is 143 Å². The number of halogens is 1. The van der Waals surface area contributed by atoms with Crippen LogP contribution in [0, 0.1) is 6.92 Å². The van der Waals surface area contributed by atoms with Gasteiger partial charge in [-0.2, -0.15) is 4.98 Å². The zero-order valence-corrected chi connectivity index (χ0v) is 13.8. The molecule has 0 bridgehead atoms. The van der Waals surface area contributed by atoms with Crippen molar-refractivity contribution in [3.63, 3.8) is 0 Å².